The number of likely N-dealkylation sites (tertiary alicyclic amines) is 1. The minimum Gasteiger partial charge on any atom is -0.445 e. The molecule has 312 valence electrons. The Labute approximate surface area is 337 Å². The summed E-state index contributed by atoms with van der Waals surface area (Å²) in [4.78, 5) is 21.1. The van der Waals surface area contributed by atoms with E-state index in [2.05, 4.69) is 15.5 Å². The lowest BCUT2D eigenvalue weighted by Crippen LogP contribution is -2.52. The Kier molecular flexibility index (Phi) is 12.4. The SMILES string of the molecule is CC(C)CN(C[C@@H](O)[C@H](Cc1cc(F)cc(F)c1)NC(=O)OC1C2CCC3C(OC2)OCC31)S(=O)(=O)c1ccc2nc(NC3CCN(C4CCCC4)CC3)sc2c1. The van der Waals surface area contributed by atoms with E-state index in [4.69, 9.17) is 19.2 Å². The van der Waals surface area contributed by atoms with Crippen molar-refractivity contribution in [1.29, 1.82) is 0 Å². The van der Waals surface area contributed by atoms with Crippen molar-refractivity contribution in [2.75, 3.05) is 44.7 Å². The molecule has 12 nitrogen and oxygen atoms in total. The van der Waals surface area contributed by atoms with Gasteiger partial charge in [0.05, 0.1) is 40.5 Å². The van der Waals surface area contributed by atoms with Gasteiger partial charge in [-0.1, -0.05) is 38.0 Å². The summed E-state index contributed by atoms with van der Waals surface area (Å²) in [6.45, 7) is 6.38. The number of aromatic nitrogens is 1. The van der Waals surface area contributed by atoms with Crippen LogP contribution in [0.15, 0.2) is 41.3 Å². The summed E-state index contributed by atoms with van der Waals surface area (Å²) in [5.74, 6) is -1.66. The number of nitrogens with zero attached hydrogens (tertiary/aromatic N) is 3. The molecule has 3 aromatic rings. The lowest BCUT2D eigenvalue weighted by molar-refractivity contribution is -0.135. The standard InChI is InChI=1S/C41H55F2N5O7S2/c1-24(2)20-48(57(51,52)31-8-10-34-37(19-31)56-40(45-34)44-29-11-13-47(14-12-29)30-5-3-4-6-30)21-36(49)35(17-25-15-27(42)18-28(43)16-25)46-41(50)55-38-26-7-9-32-33(38)23-54-39(32)53-22-26/h8,10,15-16,18-19,24,26,29-30,32-33,35-36,38-39,49H,3-7,9,11-14,17,20-23H2,1-2H3,(H,44,45)(H,46,50)/t26?,32?,33?,35-,36+,38?,39?/m0/s1. The van der Waals surface area contributed by atoms with Gasteiger partial charge in [0.15, 0.2) is 11.4 Å². The van der Waals surface area contributed by atoms with E-state index < -0.39 is 52.5 Å². The van der Waals surface area contributed by atoms with E-state index in [1.54, 1.807) is 12.1 Å². The summed E-state index contributed by atoms with van der Waals surface area (Å²) in [6, 6.07) is 7.73. The Balaban J connectivity index is 0.975. The molecule has 5 heterocycles. The van der Waals surface area contributed by atoms with E-state index >= 15 is 0 Å². The number of piperidine rings is 1. The van der Waals surface area contributed by atoms with Gasteiger partial charge in [0.1, 0.15) is 17.7 Å². The van der Waals surface area contributed by atoms with E-state index in [0.717, 1.165) is 72.8 Å². The van der Waals surface area contributed by atoms with Crippen molar-refractivity contribution in [2.24, 2.45) is 23.7 Å². The quantitative estimate of drug-likeness (QED) is 0.174. The molecule has 1 aromatic heterocycles. The highest BCUT2D eigenvalue weighted by atomic mass is 32.2. The molecule has 2 aromatic carbocycles. The lowest BCUT2D eigenvalue weighted by atomic mass is 9.74. The Morgan fingerprint density at radius 1 is 1.00 bits per heavy atom. The molecule has 9 rings (SSSR count). The van der Waals surface area contributed by atoms with Gasteiger partial charge in [0.25, 0.3) is 0 Å². The first-order chi connectivity index (χ1) is 27.4. The summed E-state index contributed by atoms with van der Waals surface area (Å²) < 4.78 is 77.1. The highest BCUT2D eigenvalue weighted by Gasteiger charge is 2.53. The molecule has 4 bridgehead atoms. The number of amides is 1. The summed E-state index contributed by atoms with van der Waals surface area (Å²) >= 11 is 1.42. The molecular weight excluding hydrogens is 777 g/mol. The number of carbonyl (C=O) groups is 1. The predicted molar refractivity (Wildman–Crippen MR) is 212 cm³/mol. The number of rotatable bonds is 14. The highest BCUT2D eigenvalue weighted by molar-refractivity contribution is 7.89. The third-order valence-corrected chi connectivity index (χ3v) is 15.4. The predicted octanol–water partition coefficient (Wildman–Crippen LogP) is 6.14. The summed E-state index contributed by atoms with van der Waals surface area (Å²) in [6.07, 6.45) is 5.80. The van der Waals surface area contributed by atoms with E-state index in [-0.39, 0.29) is 53.4 Å². The minimum absolute atomic E-state index is 0.0134. The molecule has 7 atom stereocenters. The molecule has 2 aliphatic carbocycles. The monoisotopic (exact) mass is 831 g/mol. The molecule has 0 radical (unpaired) electrons. The molecular formula is C41H55F2N5O7S2. The number of anilines is 1. The second kappa shape index (κ2) is 17.3. The maximum atomic E-state index is 14.4. The molecule has 5 unspecified atom stereocenters. The van der Waals surface area contributed by atoms with Crippen LogP contribution in [0.4, 0.5) is 18.7 Å². The fourth-order valence-corrected chi connectivity index (χ4v) is 12.4. The van der Waals surface area contributed by atoms with E-state index in [0.29, 0.717) is 24.8 Å². The van der Waals surface area contributed by atoms with Crippen molar-refractivity contribution in [3.05, 3.63) is 53.6 Å². The number of halogens is 2. The fourth-order valence-electron chi connectivity index (χ4n) is 9.73. The van der Waals surface area contributed by atoms with Crippen LogP contribution in [-0.2, 0) is 30.7 Å². The smallest absolute Gasteiger partial charge is 0.407 e. The van der Waals surface area contributed by atoms with Crippen LogP contribution in [0.3, 0.4) is 0 Å². The molecule has 2 saturated carbocycles. The zero-order valence-corrected chi connectivity index (χ0v) is 34.3. The largest absolute Gasteiger partial charge is 0.445 e. The summed E-state index contributed by atoms with van der Waals surface area (Å²) in [5, 5.41) is 18.9. The van der Waals surface area contributed by atoms with Crippen LogP contribution >= 0.6 is 11.3 Å². The first kappa shape index (κ1) is 40.8. The second-order valence-electron chi connectivity index (χ2n) is 17.1. The van der Waals surface area contributed by atoms with Crippen LogP contribution in [0.25, 0.3) is 10.2 Å². The average molecular weight is 832 g/mol. The van der Waals surface area contributed by atoms with Crippen molar-refractivity contribution in [1.82, 2.24) is 19.5 Å². The third kappa shape index (κ3) is 9.27. The maximum Gasteiger partial charge on any atom is 0.407 e. The molecule has 0 spiro atoms. The number of sulfonamides is 1. The number of fused-ring (bicyclic) bond motifs is 3. The number of nitrogens with one attached hydrogen (secondary N) is 2. The molecule has 4 saturated heterocycles. The van der Waals surface area contributed by atoms with Crippen LogP contribution in [0.5, 0.6) is 0 Å². The van der Waals surface area contributed by atoms with Crippen LogP contribution in [0, 0.1) is 35.3 Å². The number of ether oxygens (including phenoxy) is 3. The molecule has 3 N–H and O–H groups in total. The van der Waals surface area contributed by atoms with Crippen LogP contribution < -0.4 is 10.6 Å². The number of hydrogen-bond acceptors (Lipinski definition) is 11. The Morgan fingerprint density at radius 2 is 1.74 bits per heavy atom. The lowest BCUT2D eigenvalue weighted by Gasteiger charge is -2.36. The Morgan fingerprint density at radius 3 is 2.47 bits per heavy atom. The van der Waals surface area contributed by atoms with Gasteiger partial charge < -0.3 is 34.9 Å². The van der Waals surface area contributed by atoms with Gasteiger partial charge in [-0.05, 0) is 86.8 Å². The molecule has 57 heavy (non-hydrogen) atoms. The first-order valence-corrected chi connectivity index (χ1v) is 22.9. The van der Waals surface area contributed by atoms with Gasteiger partial charge in [0, 0.05) is 62.1 Å². The second-order valence-corrected chi connectivity index (χ2v) is 20.1. The van der Waals surface area contributed by atoms with Crippen LogP contribution in [-0.4, -0.2) is 110 Å². The molecule has 6 fully saturated rings. The van der Waals surface area contributed by atoms with Crippen LogP contribution in [0.1, 0.15) is 70.8 Å². The number of benzene rings is 2. The minimum atomic E-state index is -4.17. The van der Waals surface area contributed by atoms with Crippen molar-refractivity contribution < 1.29 is 41.3 Å². The van der Waals surface area contributed by atoms with E-state index in [1.807, 2.05) is 13.8 Å². The number of carbonyl (C=O) groups excluding carboxylic acids is 1. The topological polar surface area (TPSA) is 143 Å². The van der Waals surface area contributed by atoms with Gasteiger partial charge in [-0.25, -0.2) is 27.0 Å². The van der Waals surface area contributed by atoms with E-state index in [9.17, 15) is 27.1 Å². The first-order valence-electron chi connectivity index (χ1n) is 20.6. The molecule has 6 aliphatic rings. The van der Waals surface area contributed by atoms with Gasteiger partial charge in [-0.2, -0.15) is 4.31 Å². The van der Waals surface area contributed by atoms with Gasteiger partial charge >= 0.3 is 6.09 Å². The average Bonchev–Trinajstić information content (AvgIpc) is 3.89. The van der Waals surface area contributed by atoms with Gasteiger partial charge in [-0.3, -0.25) is 0 Å². The van der Waals surface area contributed by atoms with Gasteiger partial charge in [-0.15, -0.1) is 0 Å². The number of aliphatic hydroxyl groups is 1. The van der Waals surface area contributed by atoms with Crippen molar-refractivity contribution in [2.45, 2.75) is 113 Å². The zero-order chi connectivity index (χ0) is 39.8. The summed E-state index contributed by atoms with van der Waals surface area (Å²) in [5.41, 5.74) is 0.877. The normalized spacial score (nSPS) is 27.0. The fraction of sp³-hybridized carbons (Fsp3) is 0.659. The number of aliphatic hydroxyl groups excluding tert-OH is 1. The van der Waals surface area contributed by atoms with Crippen molar-refractivity contribution in [3.8, 4) is 0 Å². The third-order valence-electron chi connectivity index (χ3n) is 12.6. The Hall–Kier alpha value is -2.99. The molecule has 16 heteroatoms. The van der Waals surface area contributed by atoms with Crippen molar-refractivity contribution in [3.63, 3.8) is 0 Å². The molecule has 1 amide bonds. The Bertz CT molecular complexity index is 1970. The number of thiazole rings is 1. The maximum absolute atomic E-state index is 14.4. The highest BCUT2D eigenvalue weighted by Crippen LogP contribution is 2.46. The van der Waals surface area contributed by atoms with Gasteiger partial charge in [0.2, 0.25) is 10.0 Å². The van der Waals surface area contributed by atoms with E-state index in [1.165, 1.54) is 47.4 Å². The number of alkyl carbamates (subject to hydrolysis) is 1. The molecule has 4 aliphatic heterocycles. The van der Waals surface area contributed by atoms with Crippen LogP contribution in [0.2, 0.25) is 0 Å². The van der Waals surface area contributed by atoms with Crippen molar-refractivity contribution >= 4 is 42.8 Å². The zero-order valence-electron chi connectivity index (χ0n) is 32.7. The summed E-state index contributed by atoms with van der Waals surface area (Å²) in [7, 11) is -4.17. The number of hydrogen-bond donors (Lipinski definition) is 3.